The number of primary amides is 1. The summed E-state index contributed by atoms with van der Waals surface area (Å²) in [6.07, 6.45) is 0.981. The maximum atomic E-state index is 11.0. The minimum Gasteiger partial charge on any atom is -0.385 e. The van der Waals surface area contributed by atoms with Crippen molar-refractivity contribution < 1.29 is 9.53 Å². The van der Waals surface area contributed by atoms with Crippen LogP contribution in [0, 0.1) is 6.92 Å². The van der Waals surface area contributed by atoms with Crippen LogP contribution in [0.25, 0.3) is 0 Å². The Bertz CT molecular complexity index is 405. The van der Waals surface area contributed by atoms with Crippen molar-refractivity contribution in [1.82, 2.24) is 5.32 Å². The summed E-state index contributed by atoms with van der Waals surface area (Å²) in [5.41, 5.74) is 8.07. The minimum absolute atomic E-state index is 0.383. The highest BCUT2D eigenvalue weighted by Gasteiger charge is 2.06. The summed E-state index contributed by atoms with van der Waals surface area (Å²) >= 11 is 0. The molecule has 1 atom stereocenters. The van der Waals surface area contributed by atoms with Gasteiger partial charge in [-0.05, 0) is 43.5 Å². The van der Waals surface area contributed by atoms with Gasteiger partial charge in [-0.15, -0.1) is 0 Å². The molecule has 1 rings (SSSR count). The zero-order valence-corrected chi connectivity index (χ0v) is 11.3. The molecule has 0 spiro atoms. The molecular formula is C14H22N2O2. The van der Waals surface area contributed by atoms with E-state index in [9.17, 15) is 4.79 Å². The van der Waals surface area contributed by atoms with E-state index >= 15 is 0 Å². The Hall–Kier alpha value is -1.39. The molecule has 0 saturated carbocycles. The molecule has 1 aromatic carbocycles. The summed E-state index contributed by atoms with van der Waals surface area (Å²) in [5.74, 6) is -0.383. The van der Waals surface area contributed by atoms with Crippen LogP contribution in [-0.2, 0) is 11.3 Å². The van der Waals surface area contributed by atoms with Gasteiger partial charge in [0.2, 0.25) is 5.91 Å². The number of carbonyl (C=O) groups excluding carboxylic acids is 1. The second-order valence-electron chi connectivity index (χ2n) is 4.57. The van der Waals surface area contributed by atoms with E-state index in [0.29, 0.717) is 11.6 Å². The molecule has 0 aliphatic heterocycles. The Morgan fingerprint density at radius 3 is 2.78 bits per heavy atom. The zero-order valence-electron chi connectivity index (χ0n) is 11.3. The lowest BCUT2D eigenvalue weighted by Crippen LogP contribution is -2.27. The monoisotopic (exact) mass is 250 g/mol. The molecule has 0 aromatic heterocycles. The van der Waals surface area contributed by atoms with Crippen molar-refractivity contribution in [3.63, 3.8) is 0 Å². The van der Waals surface area contributed by atoms with Crippen molar-refractivity contribution in [2.75, 3.05) is 13.7 Å². The summed E-state index contributed by atoms with van der Waals surface area (Å²) in [4.78, 5) is 11.0. The third-order valence-corrected chi connectivity index (χ3v) is 3.02. The maximum absolute atomic E-state index is 11.0. The molecule has 1 amide bonds. The Morgan fingerprint density at radius 1 is 1.50 bits per heavy atom. The highest BCUT2D eigenvalue weighted by Crippen LogP contribution is 2.11. The first-order valence-corrected chi connectivity index (χ1v) is 6.16. The van der Waals surface area contributed by atoms with Gasteiger partial charge in [-0.25, -0.2) is 0 Å². The average Bonchev–Trinajstić information content (AvgIpc) is 2.34. The minimum atomic E-state index is -0.383. The molecule has 4 heteroatoms. The highest BCUT2D eigenvalue weighted by molar-refractivity contribution is 5.93. The van der Waals surface area contributed by atoms with Gasteiger partial charge in [-0.3, -0.25) is 4.79 Å². The molecule has 0 saturated heterocycles. The molecule has 18 heavy (non-hydrogen) atoms. The van der Waals surface area contributed by atoms with E-state index in [1.807, 2.05) is 19.1 Å². The standard InChI is InChI=1S/C14H22N2O2/c1-10-8-12(14(15)17)4-5-13(10)9-16-11(2)6-7-18-3/h4-5,8,11,16H,6-7,9H2,1-3H3,(H2,15,17). The second-order valence-corrected chi connectivity index (χ2v) is 4.57. The van der Waals surface area contributed by atoms with Crippen molar-refractivity contribution in [1.29, 1.82) is 0 Å². The van der Waals surface area contributed by atoms with E-state index in [1.54, 1.807) is 13.2 Å². The number of nitrogens with two attached hydrogens (primary N) is 1. The summed E-state index contributed by atoms with van der Waals surface area (Å²) in [7, 11) is 1.71. The molecule has 0 heterocycles. The Labute approximate surface area is 109 Å². The summed E-state index contributed by atoms with van der Waals surface area (Å²) in [6, 6.07) is 5.96. The number of nitrogens with one attached hydrogen (secondary N) is 1. The van der Waals surface area contributed by atoms with Gasteiger partial charge >= 0.3 is 0 Å². The molecule has 0 aliphatic rings. The number of hydrogen-bond acceptors (Lipinski definition) is 3. The molecule has 1 aromatic rings. The first-order valence-electron chi connectivity index (χ1n) is 6.16. The molecule has 0 bridgehead atoms. The Morgan fingerprint density at radius 2 is 2.22 bits per heavy atom. The van der Waals surface area contributed by atoms with Crippen LogP contribution in [0.15, 0.2) is 18.2 Å². The maximum Gasteiger partial charge on any atom is 0.248 e. The summed E-state index contributed by atoms with van der Waals surface area (Å²) in [5, 5.41) is 3.43. The van der Waals surface area contributed by atoms with Crippen LogP contribution >= 0.6 is 0 Å². The molecule has 100 valence electrons. The third kappa shape index (κ3) is 4.47. The van der Waals surface area contributed by atoms with Gasteiger partial charge in [0.15, 0.2) is 0 Å². The quantitative estimate of drug-likeness (QED) is 0.772. The fourth-order valence-corrected chi connectivity index (χ4v) is 1.73. The number of ether oxygens (including phenoxy) is 1. The Balaban J connectivity index is 2.55. The van der Waals surface area contributed by atoms with E-state index in [-0.39, 0.29) is 5.91 Å². The van der Waals surface area contributed by atoms with Gasteiger partial charge in [0.05, 0.1) is 0 Å². The molecule has 4 nitrogen and oxygen atoms in total. The number of methoxy groups -OCH3 is 1. The summed E-state index contributed by atoms with van der Waals surface area (Å²) < 4.78 is 5.04. The fourth-order valence-electron chi connectivity index (χ4n) is 1.73. The van der Waals surface area contributed by atoms with E-state index in [4.69, 9.17) is 10.5 Å². The SMILES string of the molecule is COCCC(C)NCc1ccc(C(N)=O)cc1C. The van der Waals surface area contributed by atoms with Crippen molar-refractivity contribution in [3.05, 3.63) is 34.9 Å². The van der Waals surface area contributed by atoms with Gasteiger partial charge in [0, 0.05) is 31.9 Å². The van der Waals surface area contributed by atoms with E-state index in [0.717, 1.165) is 25.1 Å². The fraction of sp³-hybridized carbons (Fsp3) is 0.500. The number of carbonyl (C=O) groups is 1. The highest BCUT2D eigenvalue weighted by atomic mass is 16.5. The van der Waals surface area contributed by atoms with Gasteiger partial charge < -0.3 is 15.8 Å². The van der Waals surface area contributed by atoms with Gasteiger partial charge in [0.25, 0.3) is 0 Å². The van der Waals surface area contributed by atoms with Crippen molar-refractivity contribution in [2.45, 2.75) is 32.9 Å². The van der Waals surface area contributed by atoms with E-state index in [1.165, 1.54) is 5.56 Å². The number of amides is 1. The number of benzene rings is 1. The lowest BCUT2D eigenvalue weighted by atomic mass is 10.0. The average molecular weight is 250 g/mol. The third-order valence-electron chi connectivity index (χ3n) is 3.02. The van der Waals surface area contributed by atoms with Crippen LogP contribution in [0.5, 0.6) is 0 Å². The van der Waals surface area contributed by atoms with Crippen LogP contribution < -0.4 is 11.1 Å². The normalized spacial score (nSPS) is 12.4. The second kappa shape index (κ2) is 7.13. The van der Waals surface area contributed by atoms with E-state index < -0.39 is 0 Å². The molecule has 0 fully saturated rings. The van der Waals surface area contributed by atoms with Crippen LogP contribution in [-0.4, -0.2) is 25.7 Å². The van der Waals surface area contributed by atoms with Gasteiger partial charge in [0.1, 0.15) is 0 Å². The van der Waals surface area contributed by atoms with Crippen LogP contribution in [0.4, 0.5) is 0 Å². The zero-order chi connectivity index (χ0) is 13.5. The molecular weight excluding hydrogens is 228 g/mol. The smallest absolute Gasteiger partial charge is 0.248 e. The lowest BCUT2D eigenvalue weighted by molar-refractivity contribution is 0.1000. The molecule has 0 radical (unpaired) electrons. The van der Waals surface area contributed by atoms with Crippen molar-refractivity contribution in [3.8, 4) is 0 Å². The van der Waals surface area contributed by atoms with Crippen LogP contribution in [0.3, 0.4) is 0 Å². The number of rotatable bonds is 7. The van der Waals surface area contributed by atoms with Crippen molar-refractivity contribution >= 4 is 5.91 Å². The molecule has 1 unspecified atom stereocenters. The predicted molar refractivity (Wildman–Crippen MR) is 72.5 cm³/mol. The number of hydrogen-bond donors (Lipinski definition) is 2. The summed E-state index contributed by atoms with van der Waals surface area (Å²) in [6.45, 7) is 5.67. The Kier molecular flexibility index (Phi) is 5.82. The van der Waals surface area contributed by atoms with Crippen molar-refractivity contribution in [2.24, 2.45) is 5.73 Å². The predicted octanol–water partition coefficient (Wildman–Crippen LogP) is 1.61. The first kappa shape index (κ1) is 14.7. The van der Waals surface area contributed by atoms with E-state index in [2.05, 4.69) is 12.2 Å². The lowest BCUT2D eigenvalue weighted by Gasteiger charge is -2.14. The largest absolute Gasteiger partial charge is 0.385 e. The van der Waals surface area contributed by atoms with Gasteiger partial charge in [-0.2, -0.15) is 0 Å². The number of aryl methyl sites for hydroxylation is 1. The first-order chi connectivity index (χ1) is 8.54. The molecule has 3 N–H and O–H groups in total. The van der Waals surface area contributed by atoms with Crippen LogP contribution in [0.2, 0.25) is 0 Å². The topological polar surface area (TPSA) is 64.3 Å². The van der Waals surface area contributed by atoms with Crippen LogP contribution in [0.1, 0.15) is 34.8 Å². The van der Waals surface area contributed by atoms with Gasteiger partial charge in [-0.1, -0.05) is 6.07 Å². The molecule has 0 aliphatic carbocycles.